The zero-order chi connectivity index (χ0) is 15.8. The van der Waals surface area contributed by atoms with Gasteiger partial charge in [0.25, 0.3) is 0 Å². The third kappa shape index (κ3) is 8.30. The van der Waals surface area contributed by atoms with E-state index in [1.165, 1.54) is 17.8 Å². The largest absolute Gasteiger partial charge is 0.379 e. The summed E-state index contributed by atoms with van der Waals surface area (Å²) < 4.78 is 5.68. The molecule has 5 nitrogen and oxygen atoms in total. The van der Waals surface area contributed by atoms with Gasteiger partial charge in [-0.3, -0.25) is 4.99 Å². The van der Waals surface area contributed by atoms with Gasteiger partial charge in [-0.15, -0.1) is 35.3 Å². The van der Waals surface area contributed by atoms with Crippen LogP contribution in [0.5, 0.6) is 0 Å². The number of rotatable bonds is 9. The molecular weight excluding hydrogens is 423 g/mol. The van der Waals surface area contributed by atoms with E-state index in [-0.39, 0.29) is 24.0 Å². The molecule has 1 fully saturated rings. The van der Waals surface area contributed by atoms with Crippen LogP contribution in [0.2, 0.25) is 0 Å². The lowest BCUT2D eigenvalue weighted by atomic mass is 10.3. The summed E-state index contributed by atoms with van der Waals surface area (Å²) >= 11 is 1.75. The average molecular weight is 452 g/mol. The van der Waals surface area contributed by atoms with Gasteiger partial charge in [-0.1, -0.05) is 0 Å². The third-order valence-corrected chi connectivity index (χ3v) is 4.74. The third-order valence-electron chi connectivity index (χ3n) is 3.71. The van der Waals surface area contributed by atoms with Crippen molar-refractivity contribution in [3.8, 4) is 0 Å². The zero-order valence-electron chi connectivity index (χ0n) is 14.4. The lowest BCUT2D eigenvalue weighted by Crippen LogP contribution is -2.41. The summed E-state index contributed by atoms with van der Waals surface area (Å²) in [6.45, 7) is 5.52. The summed E-state index contributed by atoms with van der Waals surface area (Å²) in [5, 5.41) is 6.73. The van der Waals surface area contributed by atoms with Crippen LogP contribution in [0.3, 0.4) is 0 Å². The molecule has 0 amide bonds. The second-order valence-electron chi connectivity index (χ2n) is 5.90. The van der Waals surface area contributed by atoms with Crippen molar-refractivity contribution < 1.29 is 4.74 Å². The van der Waals surface area contributed by atoms with E-state index in [0.717, 1.165) is 56.7 Å². The molecule has 1 aromatic rings. The lowest BCUT2D eigenvalue weighted by Gasteiger charge is -2.22. The quantitative estimate of drug-likeness (QED) is 0.271. The first kappa shape index (κ1) is 20.6. The zero-order valence-corrected chi connectivity index (χ0v) is 17.5. The SMILES string of the molecule is CN=C(NCCCc1nc(C)cs1)N(C)CCOCC1CC1.I. The molecule has 23 heavy (non-hydrogen) atoms. The second-order valence-corrected chi connectivity index (χ2v) is 6.84. The Balaban J connectivity index is 0.00000264. The van der Waals surface area contributed by atoms with E-state index >= 15 is 0 Å². The molecule has 0 spiro atoms. The van der Waals surface area contributed by atoms with E-state index in [4.69, 9.17) is 4.74 Å². The number of hydrogen-bond donors (Lipinski definition) is 1. The van der Waals surface area contributed by atoms with Crippen molar-refractivity contribution in [3.05, 3.63) is 16.1 Å². The van der Waals surface area contributed by atoms with Crippen LogP contribution in [-0.4, -0.2) is 56.2 Å². The molecule has 1 saturated carbocycles. The number of aryl methyl sites for hydroxylation is 2. The molecule has 7 heteroatoms. The Morgan fingerprint density at radius 2 is 2.30 bits per heavy atom. The van der Waals surface area contributed by atoms with Crippen LogP contribution in [0.4, 0.5) is 0 Å². The summed E-state index contributed by atoms with van der Waals surface area (Å²) in [5.41, 5.74) is 1.12. The predicted molar refractivity (Wildman–Crippen MR) is 108 cm³/mol. The van der Waals surface area contributed by atoms with Crippen LogP contribution in [0.25, 0.3) is 0 Å². The molecular formula is C16H29IN4OS. The summed E-state index contributed by atoms with van der Waals surface area (Å²) in [5.74, 6) is 1.77. The Labute approximate surface area is 160 Å². The summed E-state index contributed by atoms with van der Waals surface area (Å²) in [6, 6.07) is 0. The number of thiazole rings is 1. The van der Waals surface area contributed by atoms with Crippen LogP contribution >= 0.6 is 35.3 Å². The number of likely N-dealkylation sites (N-methyl/N-ethyl adjacent to an activating group) is 1. The van der Waals surface area contributed by atoms with Gasteiger partial charge in [0.2, 0.25) is 0 Å². The monoisotopic (exact) mass is 452 g/mol. The van der Waals surface area contributed by atoms with Gasteiger partial charge >= 0.3 is 0 Å². The van der Waals surface area contributed by atoms with Gasteiger partial charge in [0.15, 0.2) is 5.96 Å². The number of nitrogens with one attached hydrogen (secondary N) is 1. The molecule has 1 aliphatic carbocycles. The highest BCUT2D eigenvalue weighted by atomic mass is 127. The number of nitrogens with zero attached hydrogens (tertiary/aromatic N) is 3. The highest BCUT2D eigenvalue weighted by Crippen LogP contribution is 2.28. The fraction of sp³-hybridized carbons (Fsp3) is 0.750. The fourth-order valence-corrected chi connectivity index (χ4v) is 3.00. The van der Waals surface area contributed by atoms with E-state index < -0.39 is 0 Å². The van der Waals surface area contributed by atoms with Gasteiger partial charge in [0.1, 0.15) is 0 Å². The number of guanidine groups is 1. The van der Waals surface area contributed by atoms with Gasteiger partial charge in [-0.05, 0) is 32.1 Å². The summed E-state index contributed by atoms with van der Waals surface area (Å²) in [6.07, 6.45) is 4.78. The van der Waals surface area contributed by atoms with Crippen LogP contribution in [0.1, 0.15) is 30.0 Å². The van der Waals surface area contributed by atoms with E-state index in [1.807, 2.05) is 14.0 Å². The molecule has 0 aliphatic heterocycles. The summed E-state index contributed by atoms with van der Waals surface area (Å²) in [7, 11) is 3.88. The Morgan fingerprint density at radius 1 is 1.52 bits per heavy atom. The molecule has 0 saturated heterocycles. The first-order valence-electron chi connectivity index (χ1n) is 8.09. The van der Waals surface area contributed by atoms with E-state index in [9.17, 15) is 0 Å². The molecule has 1 N–H and O–H groups in total. The molecule has 132 valence electrons. The van der Waals surface area contributed by atoms with Crippen molar-refractivity contribution in [2.45, 2.75) is 32.6 Å². The normalized spacial score (nSPS) is 14.5. The number of hydrogen-bond acceptors (Lipinski definition) is 4. The summed E-state index contributed by atoms with van der Waals surface area (Å²) in [4.78, 5) is 10.9. The Morgan fingerprint density at radius 3 is 2.91 bits per heavy atom. The van der Waals surface area contributed by atoms with Gasteiger partial charge in [0.05, 0.1) is 11.6 Å². The van der Waals surface area contributed by atoms with Crippen molar-refractivity contribution in [2.75, 3.05) is 40.4 Å². The average Bonchev–Trinajstić information content (AvgIpc) is 3.24. The van der Waals surface area contributed by atoms with E-state index in [0.29, 0.717) is 0 Å². The van der Waals surface area contributed by atoms with Crippen LogP contribution in [0, 0.1) is 12.8 Å². The molecule has 0 atom stereocenters. The smallest absolute Gasteiger partial charge is 0.193 e. The topological polar surface area (TPSA) is 49.8 Å². The van der Waals surface area contributed by atoms with Crippen molar-refractivity contribution in [2.24, 2.45) is 10.9 Å². The number of aliphatic imine (C=N–C) groups is 1. The molecule has 1 aliphatic rings. The minimum absolute atomic E-state index is 0. The predicted octanol–water partition coefficient (Wildman–Crippen LogP) is 2.94. The highest BCUT2D eigenvalue weighted by molar-refractivity contribution is 14.0. The maximum Gasteiger partial charge on any atom is 0.193 e. The van der Waals surface area contributed by atoms with Crippen molar-refractivity contribution in [3.63, 3.8) is 0 Å². The molecule has 0 bridgehead atoms. The van der Waals surface area contributed by atoms with Crippen molar-refractivity contribution in [1.82, 2.24) is 15.2 Å². The van der Waals surface area contributed by atoms with Crippen molar-refractivity contribution in [1.29, 1.82) is 0 Å². The van der Waals surface area contributed by atoms with Gasteiger partial charge in [-0.25, -0.2) is 4.98 Å². The fourth-order valence-electron chi connectivity index (χ4n) is 2.18. The standard InChI is InChI=1S/C16H28N4OS.HI/c1-13-12-22-15(19-13)5-4-8-18-16(17-2)20(3)9-10-21-11-14-6-7-14;/h12,14H,4-11H2,1-3H3,(H,17,18);1H. The maximum atomic E-state index is 5.68. The van der Waals surface area contributed by atoms with Crippen LogP contribution in [-0.2, 0) is 11.2 Å². The molecule has 0 aromatic carbocycles. The first-order chi connectivity index (χ1) is 10.7. The molecule has 2 rings (SSSR count). The Hall–Kier alpha value is -0.410. The highest BCUT2D eigenvalue weighted by Gasteiger charge is 2.21. The molecule has 1 heterocycles. The Bertz CT molecular complexity index is 476. The number of aromatic nitrogens is 1. The molecule has 1 aromatic heterocycles. The van der Waals surface area contributed by atoms with Gasteiger partial charge in [0, 0.05) is 51.3 Å². The molecule has 0 unspecified atom stereocenters. The number of halogens is 1. The number of ether oxygens (including phenoxy) is 1. The van der Waals surface area contributed by atoms with Crippen LogP contribution in [0.15, 0.2) is 10.4 Å². The maximum absolute atomic E-state index is 5.68. The second kappa shape index (κ2) is 11.2. The van der Waals surface area contributed by atoms with E-state index in [1.54, 1.807) is 11.3 Å². The van der Waals surface area contributed by atoms with Crippen molar-refractivity contribution >= 4 is 41.3 Å². The first-order valence-corrected chi connectivity index (χ1v) is 8.97. The van der Waals surface area contributed by atoms with Gasteiger partial charge < -0.3 is 15.0 Å². The lowest BCUT2D eigenvalue weighted by molar-refractivity contribution is 0.115. The Kier molecular flexibility index (Phi) is 10.0. The van der Waals surface area contributed by atoms with E-state index in [2.05, 4.69) is 32.6 Å². The van der Waals surface area contributed by atoms with Crippen LogP contribution < -0.4 is 5.32 Å². The minimum Gasteiger partial charge on any atom is -0.379 e. The van der Waals surface area contributed by atoms with Gasteiger partial charge in [-0.2, -0.15) is 0 Å². The molecule has 0 radical (unpaired) electrons. The minimum atomic E-state index is 0.